The summed E-state index contributed by atoms with van der Waals surface area (Å²) in [6.45, 7) is 6.16. The molecule has 0 radical (unpaired) electrons. The monoisotopic (exact) mass is 259 g/mol. The van der Waals surface area contributed by atoms with Crippen molar-refractivity contribution in [2.75, 3.05) is 0 Å². The van der Waals surface area contributed by atoms with Gasteiger partial charge in [-0.1, -0.05) is 44.2 Å². The van der Waals surface area contributed by atoms with E-state index in [1.54, 1.807) is 0 Å². The summed E-state index contributed by atoms with van der Waals surface area (Å²) in [6, 6.07) is 10.6. The van der Waals surface area contributed by atoms with Crippen LogP contribution in [0.15, 0.2) is 42.7 Å². The van der Waals surface area contributed by atoms with Crippen LogP contribution in [0.2, 0.25) is 0 Å². The number of aromatic nitrogens is 2. The first-order valence-corrected chi connectivity index (χ1v) is 6.61. The van der Waals surface area contributed by atoms with Crippen LogP contribution in [0.5, 0.6) is 0 Å². The zero-order chi connectivity index (χ0) is 13.5. The van der Waals surface area contributed by atoms with Gasteiger partial charge in [-0.2, -0.15) is 0 Å². The molecule has 0 aliphatic heterocycles. The summed E-state index contributed by atoms with van der Waals surface area (Å²) in [5.74, 6) is 1.00. The molecule has 0 aliphatic rings. The van der Waals surface area contributed by atoms with Crippen LogP contribution in [0.3, 0.4) is 0 Å². The van der Waals surface area contributed by atoms with Crippen molar-refractivity contribution in [1.29, 1.82) is 0 Å². The number of ether oxygens (including phenoxy) is 1. The van der Waals surface area contributed by atoms with Gasteiger partial charge in [0.2, 0.25) is 0 Å². The zero-order valence-electron chi connectivity index (χ0n) is 11.5. The van der Waals surface area contributed by atoms with Crippen molar-refractivity contribution in [3.63, 3.8) is 0 Å². The molecule has 1 heterocycles. The molecule has 0 saturated heterocycles. The zero-order valence-corrected chi connectivity index (χ0v) is 11.5. The molecule has 0 amide bonds. The van der Waals surface area contributed by atoms with Gasteiger partial charge in [0.25, 0.3) is 0 Å². The average Bonchev–Trinajstić information content (AvgIpc) is 2.85. The normalized spacial score (nSPS) is 11.1. The van der Waals surface area contributed by atoms with Crippen LogP contribution in [0, 0.1) is 0 Å². The second-order valence-electron chi connectivity index (χ2n) is 4.81. The minimum Gasteiger partial charge on any atom is -0.356 e. The molecule has 0 atom stereocenters. The van der Waals surface area contributed by atoms with Crippen LogP contribution in [-0.4, -0.2) is 15.6 Å². The maximum absolute atomic E-state index is 5.71. The highest BCUT2D eigenvalue weighted by Crippen LogP contribution is 2.03. The summed E-state index contributed by atoms with van der Waals surface area (Å²) < 4.78 is 7.73. The lowest BCUT2D eigenvalue weighted by atomic mass is 10.2. The lowest BCUT2D eigenvalue weighted by Gasteiger charge is -2.11. The number of imidazole rings is 1. The maximum atomic E-state index is 5.71. The van der Waals surface area contributed by atoms with Gasteiger partial charge in [-0.3, -0.25) is 0 Å². The third-order valence-electron chi connectivity index (χ3n) is 2.81. The molecular weight excluding hydrogens is 238 g/mol. The van der Waals surface area contributed by atoms with Gasteiger partial charge in [0.1, 0.15) is 12.6 Å². The average molecular weight is 259 g/mol. The Hall–Kier alpha value is -1.65. The van der Waals surface area contributed by atoms with E-state index in [1.807, 2.05) is 35.2 Å². The second-order valence-corrected chi connectivity index (χ2v) is 4.81. The fourth-order valence-corrected chi connectivity index (χ4v) is 1.76. The molecule has 0 fully saturated rings. The van der Waals surface area contributed by atoms with Crippen molar-refractivity contribution in [1.82, 2.24) is 14.9 Å². The van der Waals surface area contributed by atoms with Crippen molar-refractivity contribution in [3.05, 3.63) is 54.1 Å². The molecule has 0 unspecified atom stereocenters. The van der Waals surface area contributed by atoms with E-state index in [1.165, 1.54) is 5.56 Å². The van der Waals surface area contributed by atoms with E-state index in [9.17, 15) is 0 Å². The number of rotatable bonds is 7. The number of nitrogens with zero attached hydrogens (tertiary/aromatic N) is 2. The largest absolute Gasteiger partial charge is 0.356 e. The van der Waals surface area contributed by atoms with Crippen LogP contribution in [-0.2, 0) is 24.6 Å². The Morgan fingerprint density at radius 2 is 2.05 bits per heavy atom. The molecule has 0 spiro atoms. The molecule has 4 nitrogen and oxygen atoms in total. The van der Waals surface area contributed by atoms with E-state index < -0.39 is 0 Å². The molecule has 0 aliphatic carbocycles. The van der Waals surface area contributed by atoms with E-state index in [-0.39, 0.29) is 0 Å². The Morgan fingerprint density at radius 3 is 2.79 bits per heavy atom. The van der Waals surface area contributed by atoms with Crippen LogP contribution in [0.1, 0.15) is 25.2 Å². The predicted octanol–water partition coefficient (Wildman–Crippen LogP) is 2.56. The predicted molar refractivity (Wildman–Crippen MR) is 75.4 cm³/mol. The highest BCUT2D eigenvalue weighted by molar-refractivity contribution is 5.13. The van der Waals surface area contributed by atoms with Crippen molar-refractivity contribution < 1.29 is 4.74 Å². The molecule has 19 heavy (non-hydrogen) atoms. The summed E-state index contributed by atoms with van der Waals surface area (Å²) in [7, 11) is 0. The van der Waals surface area contributed by atoms with Crippen LogP contribution >= 0.6 is 0 Å². The molecule has 0 bridgehead atoms. The summed E-state index contributed by atoms with van der Waals surface area (Å²) in [6.07, 6.45) is 3.76. The fourth-order valence-electron chi connectivity index (χ4n) is 1.76. The van der Waals surface area contributed by atoms with Crippen LogP contribution < -0.4 is 5.32 Å². The van der Waals surface area contributed by atoms with Gasteiger partial charge in [-0.25, -0.2) is 4.98 Å². The minimum atomic E-state index is 0.454. The van der Waals surface area contributed by atoms with Crippen LogP contribution in [0.25, 0.3) is 0 Å². The molecule has 102 valence electrons. The van der Waals surface area contributed by atoms with Crippen molar-refractivity contribution in [2.45, 2.75) is 39.8 Å². The SMILES string of the molecule is CC(C)NCc1nccn1COCc1ccccc1. The standard InChI is InChI=1S/C15H21N3O/c1-13(2)17-10-15-16-8-9-18(15)12-19-11-14-6-4-3-5-7-14/h3-9,13,17H,10-12H2,1-2H3. The molecule has 2 aromatic rings. The van der Waals surface area contributed by atoms with E-state index >= 15 is 0 Å². The van der Waals surface area contributed by atoms with Gasteiger partial charge in [-0.05, 0) is 5.56 Å². The Balaban J connectivity index is 1.81. The van der Waals surface area contributed by atoms with E-state index in [0.717, 1.165) is 12.4 Å². The van der Waals surface area contributed by atoms with Gasteiger partial charge >= 0.3 is 0 Å². The molecule has 1 N–H and O–H groups in total. The van der Waals surface area contributed by atoms with E-state index in [2.05, 4.69) is 36.3 Å². The number of hydrogen-bond acceptors (Lipinski definition) is 3. The highest BCUT2D eigenvalue weighted by atomic mass is 16.5. The topological polar surface area (TPSA) is 39.1 Å². The fraction of sp³-hybridized carbons (Fsp3) is 0.400. The third kappa shape index (κ3) is 4.50. The summed E-state index contributed by atoms with van der Waals surface area (Å²) >= 11 is 0. The van der Waals surface area contributed by atoms with Crippen molar-refractivity contribution >= 4 is 0 Å². The second kappa shape index (κ2) is 7.07. The first-order valence-electron chi connectivity index (χ1n) is 6.61. The lowest BCUT2D eigenvalue weighted by molar-refractivity contribution is 0.0618. The number of nitrogens with one attached hydrogen (secondary N) is 1. The Bertz CT molecular complexity index is 479. The van der Waals surface area contributed by atoms with Gasteiger partial charge in [0.15, 0.2) is 0 Å². The lowest BCUT2D eigenvalue weighted by Crippen LogP contribution is -2.24. The van der Waals surface area contributed by atoms with E-state index in [0.29, 0.717) is 19.4 Å². The minimum absolute atomic E-state index is 0.454. The number of hydrogen-bond donors (Lipinski definition) is 1. The first kappa shape index (κ1) is 13.8. The van der Waals surface area contributed by atoms with Crippen molar-refractivity contribution in [2.24, 2.45) is 0 Å². The maximum Gasteiger partial charge on any atom is 0.124 e. The molecule has 4 heteroatoms. The van der Waals surface area contributed by atoms with Gasteiger partial charge < -0.3 is 14.6 Å². The summed E-state index contributed by atoms with van der Waals surface area (Å²) in [5, 5.41) is 3.36. The third-order valence-corrected chi connectivity index (χ3v) is 2.81. The smallest absolute Gasteiger partial charge is 0.124 e. The summed E-state index contributed by atoms with van der Waals surface area (Å²) in [5.41, 5.74) is 1.18. The molecule has 1 aromatic carbocycles. The number of benzene rings is 1. The molecule has 2 rings (SSSR count). The quantitative estimate of drug-likeness (QED) is 0.830. The summed E-state index contributed by atoms with van der Waals surface area (Å²) in [4.78, 5) is 4.33. The molecular formula is C15H21N3O. The van der Waals surface area contributed by atoms with Crippen molar-refractivity contribution in [3.8, 4) is 0 Å². The molecule has 0 saturated carbocycles. The first-order chi connectivity index (χ1) is 9.25. The van der Waals surface area contributed by atoms with Crippen LogP contribution in [0.4, 0.5) is 0 Å². The molecule has 1 aromatic heterocycles. The van der Waals surface area contributed by atoms with E-state index in [4.69, 9.17) is 4.74 Å². The Kier molecular flexibility index (Phi) is 5.12. The van der Waals surface area contributed by atoms with Gasteiger partial charge in [0, 0.05) is 18.4 Å². The highest BCUT2D eigenvalue weighted by Gasteiger charge is 2.03. The Morgan fingerprint density at radius 1 is 1.26 bits per heavy atom. The Labute approximate surface area is 114 Å². The van der Waals surface area contributed by atoms with Gasteiger partial charge in [-0.15, -0.1) is 0 Å². The van der Waals surface area contributed by atoms with Gasteiger partial charge in [0.05, 0.1) is 13.2 Å².